The average Bonchev–Trinajstić information content (AvgIpc) is 3.59. The minimum atomic E-state index is -0.636. The highest BCUT2D eigenvalue weighted by Crippen LogP contribution is 2.49. The summed E-state index contributed by atoms with van der Waals surface area (Å²) in [6, 6.07) is 23.0. The van der Waals surface area contributed by atoms with E-state index >= 15 is 0 Å². The summed E-state index contributed by atoms with van der Waals surface area (Å²) in [7, 11) is 0. The molecule has 3 aromatic carbocycles. The summed E-state index contributed by atoms with van der Waals surface area (Å²) in [6.07, 6.45) is 1.95. The first kappa shape index (κ1) is 20.0. The number of halogens is 2. The van der Waals surface area contributed by atoms with E-state index in [-0.39, 0.29) is 16.9 Å². The second-order valence-electron chi connectivity index (χ2n) is 7.76. The predicted octanol–water partition coefficient (Wildman–Crippen LogP) is 6.47. The minimum absolute atomic E-state index is 0.171. The molecule has 0 unspecified atom stereocenters. The van der Waals surface area contributed by atoms with Crippen molar-refractivity contribution in [1.29, 1.82) is 10.5 Å². The Hall–Kier alpha value is -3.93. The van der Waals surface area contributed by atoms with Crippen molar-refractivity contribution in [2.75, 3.05) is 0 Å². The van der Waals surface area contributed by atoms with Gasteiger partial charge in [-0.15, -0.1) is 0 Å². The van der Waals surface area contributed by atoms with Gasteiger partial charge in [-0.3, -0.25) is 5.10 Å². The zero-order valence-corrected chi connectivity index (χ0v) is 17.6. The summed E-state index contributed by atoms with van der Waals surface area (Å²) in [5.41, 5.74) is 5.19. The fraction of sp³-hybridized carbons (Fsp3) is 0.115. The van der Waals surface area contributed by atoms with E-state index in [1.807, 2.05) is 42.5 Å². The molecule has 1 saturated carbocycles. The molecule has 1 fully saturated rings. The average molecular weight is 439 g/mol. The summed E-state index contributed by atoms with van der Waals surface area (Å²) < 4.78 is 14.6. The van der Waals surface area contributed by atoms with Crippen LogP contribution in [0.15, 0.2) is 60.7 Å². The summed E-state index contributed by atoms with van der Waals surface area (Å²) >= 11 is 6.16. The van der Waals surface area contributed by atoms with Crippen molar-refractivity contribution in [3.8, 4) is 12.1 Å². The number of nitrogens with zero attached hydrogens (tertiary/aromatic N) is 3. The summed E-state index contributed by atoms with van der Waals surface area (Å²) in [5, 5.41) is 26.8. The van der Waals surface area contributed by atoms with Gasteiger partial charge in [-0.2, -0.15) is 20.0 Å². The maximum Gasteiger partial charge on any atom is 0.218 e. The first-order chi connectivity index (χ1) is 15.6. The SMILES string of the molecule is N#Cc1cc(Cl)ccc1/C(=C(\c1ccccc1)c1ccc2n[nH]c(F)c2c1C#N)C1CC1. The molecular weight excluding hydrogens is 423 g/mol. The molecule has 0 amide bonds. The van der Waals surface area contributed by atoms with Crippen LogP contribution in [0.25, 0.3) is 22.0 Å². The van der Waals surface area contributed by atoms with E-state index in [0.717, 1.165) is 35.1 Å². The van der Waals surface area contributed by atoms with Gasteiger partial charge >= 0.3 is 0 Å². The van der Waals surface area contributed by atoms with Gasteiger partial charge in [0.25, 0.3) is 0 Å². The molecule has 4 aromatic rings. The molecule has 0 spiro atoms. The number of hydrogen-bond acceptors (Lipinski definition) is 3. The van der Waals surface area contributed by atoms with E-state index in [4.69, 9.17) is 11.6 Å². The van der Waals surface area contributed by atoms with Crippen LogP contribution in [0.1, 0.15) is 40.7 Å². The standard InChI is InChI=1S/C26H16ClFN4/c27-18-8-9-19(17(12-18)13-29)23(16-6-7-16)24(15-4-2-1-3-5-15)20-10-11-22-25(21(20)14-30)26(28)32-31-22/h1-5,8-12,16H,6-7H2,(H,31,32)/b24-23+. The van der Waals surface area contributed by atoms with Crippen molar-refractivity contribution in [1.82, 2.24) is 10.2 Å². The van der Waals surface area contributed by atoms with Gasteiger partial charge in [0.2, 0.25) is 5.95 Å². The Bertz CT molecular complexity index is 1470. The molecule has 0 saturated heterocycles. The molecule has 5 rings (SSSR count). The molecule has 1 N–H and O–H groups in total. The Labute approximate surface area is 189 Å². The van der Waals surface area contributed by atoms with Crippen molar-refractivity contribution in [2.45, 2.75) is 12.8 Å². The third-order valence-electron chi connectivity index (χ3n) is 5.77. The van der Waals surface area contributed by atoms with Crippen molar-refractivity contribution in [2.24, 2.45) is 5.92 Å². The van der Waals surface area contributed by atoms with Gasteiger partial charge in [-0.05, 0) is 59.2 Å². The van der Waals surface area contributed by atoms with Gasteiger partial charge in [-0.1, -0.05) is 54.1 Å². The number of nitrogens with one attached hydrogen (secondary N) is 1. The topological polar surface area (TPSA) is 76.3 Å². The van der Waals surface area contributed by atoms with Gasteiger partial charge in [0, 0.05) is 10.6 Å². The largest absolute Gasteiger partial charge is 0.252 e. The molecule has 6 heteroatoms. The Morgan fingerprint density at radius 1 is 1.00 bits per heavy atom. The van der Waals surface area contributed by atoms with Crippen LogP contribution in [-0.4, -0.2) is 10.2 Å². The van der Waals surface area contributed by atoms with E-state index < -0.39 is 5.95 Å². The molecule has 4 nitrogen and oxygen atoms in total. The summed E-state index contributed by atoms with van der Waals surface area (Å²) in [6.45, 7) is 0. The van der Waals surface area contributed by atoms with Crippen LogP contribution in [0.2, 0.25) is 5.02 Å². The van der Waals surface area contributed by atoms with Crippen molar-refractivity contribution >= 4 is 33.7 Å². The van der Waals surface area contributed by atoms with Crippen LogP contribution in [0, 0.1) is 34.5 Å². The van der Waals surface area contributed by atoms with Crippen LogP contribution in [0.3, 0.4) is 0 Å². The van der Waals surface area contributed by atoms with E-state index in [1.54, 1.807) is 18.2 Å². The van der Waals surface area contributed by atoms with Gasteiger partial charge < -0.3 is 0 Å². The molecule has 1 aliphatic rings. The first-order valence-corrected chi connectivity index (χ1v) is 10.6. The molecule has 1 aliphatic carbocycles. The molecule has 0 aliphatic heterocycles. The van der Waals surface area contributed by atoms with E-state index in [1.165, 1.54) is 0 Å². The van der Waals surface area contributed by atoms with Gasteiger partial charge in [-0.25, -0.2) is 0 Å². The Balaban J connectivity index is 1.92. The normalized spacial score (nSPS) is 14.0. The Morgan fingerprint density at radius 2 is 1.75 bits per heavy atom. The number of fused-ring (bicyclic) bond motifs is 1. The third kappa shape index (κ3) is 3.34. The maximum absolute atomic E-state index is 14.6. The Morgan fingerprint density at radius 3 is 2.44 bits per heavy atom. The first-order valence-electron chi connectivity index (χ1n) is 10.2. The molecule has 1 aromatic heterocycles. The highest BCUT2D eigenvalue weighted by atomic mass is 35.5. The molecular formula is C26H16ClFN4. The van der Waals surface area contributed by atoms with Crippen LogP contribution in [-0.2, 0) is 0 Å². The van der Waals surface area contributed by atoms with Crippen molar-refractivity contribution in [3.05, 3.63) is 99.5 Å². The fourth-order valence-corrected chi connectivity index (χ4v) is 4.40. The highest BCUT2D eigenvalue weighted by molar-refractivity contribution is 6.30. The number of rotatable bonds is 4. The number of hydrogen-bond donors (Lipinski definition) is 1. The van der Waals surface area contributed by atoms with Crippen LogP contribution >= 0.6 is 11.6 Å². The molecule has 1 heterocycles. The minimum Gasteiger partial charge on any atom is -0.252 e. The number of H-pyrrole nitrogens is 1. The Kier molecular flexibility index (Phi) is 4.98. The lowest BCUT2D eigenvalue weighted by Crippen LogP contribution is -2.02. The number of nitriles is 2. The number of aromatic amines is 1. The third-order valence-corrected chi connectivity index (χ3v) is 6.00. The van der Waals surface area contributed by atoms with Gasteiger partial charge in [0.05, 0.1) is 28.1 Å². The number of aromatic nitrogens is 2. The number of benzene rings is 3. The smallest absolute Gasteiger partial charge is 0.218 e. The van der Waals surface area contributed by atoms with E-state index in [9.17, 15) is 14.9 Å². The second kappa shape index (κ2) is 7.96. The zero-order chi connectivity index (χ0) is 22.2. The fourth-order valence-electron chi connectivity index (χ4n) is 4.23. The molecule has 32 heavy (non-hydrogen) atoms. The lowest BCUT2D eigenvalue weighted by Gasteiger charge is -2.19. The molecule has 0 bridgehead atoms. The number of allylic oxidation sites excluding steroid dienone is 1. The van der Waals surface area contributed by atoms with Gasteiger partial charge in [0.15, 0.2) is 0 Å². The van der Waals surface area contributed by atoms with Crippen LogP contribution < -0.4 is 0 Å². The summed E-state index contributed by atoms with van der Waals surface area (Å²) in [5.74, 6) is -0.405. The molecule has 0 radical (unpaired) electrons. The van der Waals surface area contributed by atoms with Crippen LogP contribution in [0.4, 0.5) is 4.39 Å². The predicted molar refractivity (Wildman–Crippen MR) is 122 cm³/mol. The van der Waals surface area contributed by atoms with E-state index in [2.05, 4.69) is 22.3 Å². The van der Waals surface area contributed by atoms with Crippen LogP contribution in [0.5, 0.6) is 0 Å². The molecule has 154 valence electrons. The highest BCUT2D eigenvalue weighted by Gasteiger charge is 2.33. The monoisotopic (exact) mass is 438 g/mol. The van der Waals surface area contributed by atoms with Crippen molar-refractivity contribution < 1.29 is 4.39 Å². The van der Waals surface area contributed by atoms with Gasteiger partial charge in [0.1, 0.15) is 6.07 Å². The maximum atomic E-state index is 14.6. The van der Waals surface area contributed by atoms with Crippen molar-refractivity contribution in [3.63, 3.8) is 0 Å². The second-order valence-corrected chi connectivity index (χ2v) is 8.20. The lowest BCUT2D eigenvalue weighted by atomic mass is 9.83. The van der Waals surface area contributed by atoms with E-state index in [0.29, 0.717) is 21.7 Å². The zero-order valence-electron chi connectivity index (χ0n) is 16.9. The lowest BCUT2D eigenvalue weighted by molar-refractivity contribution is 0.588. The molecule has 0 atom stereocenters. The summed E-state index contributed by atoms with van der Waals surface area (Å²) in [4.78, 5) is 0. The quantitative estimate of drug-likeness (QED) is 0.371.